The monoisotopic (exact) mass is 328 g/mol. The summed E-state index contributed by atoms with van der Waals surface area (Å²) in [7, 11) is 0. The van der Waals surface area contributed by atoms with Crippen LogP contribution in [0.1, 0.15) is 67.1 Å². The van der Waals surface area contributed by atoms with Crippen molar-refractivity contribution in [3.63, 3.8) is 0 Å². The topological polar surface area (TPSA) is 89.2 Å². The van der Waals surface area contributed by atoms with Crippen molar-refractivity contribution in [1.82, 2.24) is 20.0 Å². The lowest BCUT2D eigenvalue weighted by Gasteiger charge is -2.32. The quantitative estimate of drug-likeness (QED) is 0.633. The Bertz CT molecular complexity index is 726. The number of hydrogen-bond acceptors (Lipinski definition) is 6. The second-order valence-electron chi connectivity index (χ2n) is 6.23. The zero-order valence-corrected chi connectivity index (χ0v) is 13.8. The van der Waals surface area contributed by atoms with E-state index < -0.39 is 11.7 Å². The van der Waals surface area contributed by atoms with E-state index in [1.54, 1.807) is 23.2 Å². The third-order valence-corrected chi connectivity index (χ3v) is 4.14. The van der Waals surface area contributed by atoms with E-state index in [2.05, 4.69) is 15.1 Å². The highest BCUT2D eigenvalue weighted by molar-refractivity contribution is 6.42. The van der Waals surface area contributed by atoms with Gasteiger partial charge in [0.05, 0.1) is 0 Å². The SMILES string of the molecule is CC(C)c1noc([C@@H]2CCCCN2C(=O)C(=O)c2cccnc2)n1. The number of carbonyl (C=O) groups excluding carboxylic acids is 2. The predicted octanol–water partition coefficient (Wildman–Crippen LogP) is 2.52. The van der Waals surface area contributed by atoms with Crippen LogP contribution in [-0.4, -0.2) is 38.3 Å². The molecule has 2 aromatic rings. The zero-order valence-electron chi connectivity index (χ0n) is 13.8. The van der Waals surface area contributed by atoms with Crippen LogP contribution >= 0.6 is 0 Å². The molecular weight excluding hydrogens is 308 g/mol. The Morgan fingerprint density at radius 2 is 2.17 bits per heavy atom. The van der Waals surface area contributed by atoms with Gasteiger partial charge in [0, 0.05) is 30.4 Å². The number of pyridine rings is 1. The zero-order chi connectivity index (χ0) is 17.1. The lowest BCUT2D eigenvalue weighted by Crippen LogP contribution is -2.42. The van der Waals surface area contributed by atoms with Gasteiger partial charge in [-0.25, -0.2) is 0 Å². The highest BCUT2D eigenvalue weighted by Crippen LogP contribution is 2.31. The van der Waals surface area contributed by atoms with Crippen molar-refractivity contribution in [2.75, 3.05) is 6.54 Å². The number of piperidine rings is 1. The molecular formula is C17H20N4O3. The van der Waals surface area contributed by atoms with Crippen LogP contribution in [-0.2, 0) is 4.79 Å². The Morgan fingerprint density at radius 1 is 1.33 bits per heavy atom. The summed E-state index contributed by atoms with van der Waals surface area (Å²) in [5, 5.41) is 3.97. The van der Waals surface area contributed by atoms with Crippen LogP contribution in [0.4, 0.5) is 0 Å². The molecule has 0 bridgehead atoms. The first-order chi connectivity index (χ1) is 11.6. The first kappa shape index (κ1) is 16.3. The average Bonchev–Trinajstić information content (AvgIpc) is 3.11. The maximum Gasteiger partial charge on any atom is 0.295 e. The molecule has 1 amide bonds. The summed E-state index contributed by atoms with van der Waals surface area (Å²) < 4.78 is 5.35. The molecule has 1 atom stereocenters. The van der Waals surface area contributed by atoms with Crippen molar-refractivity contribution < 1.29 is 14.1 Å². The molecule has 3 rings (SSSR count). The normalized spacial score (nSPS) is 18.0. The van der Waals surface area contributed by atoms with Gasteiger partial charge in [-0.15, -0.1) is 0 Å². The van der Waals surface area contributed by atoms with Gasteiger partial charge < -0.3 is 9.42 Å². The third kappa shape index (κ3) is 3.20. The van der Waals surface area contributed by atoms with Gasteiger partial charge in [0.25, 0.3) is 11.7 Å². The van der Waals surface area contributed by atoms with Crippen LogP contribution in [0.5, 0.6) is 0 Å². The molecule has 126 valence electrons. The molecule has 0 aliphatic carbocycles. The van der Waals surface area contributed by atoms with Crippen molar-refractivity contribution in [2.45, 2.75) is 45.1 Å². The first-order valence-corrected chi connectivity index (χ1v) is 8.16. The van der Waals surface area contributed by atoms with Gasteiger partial charge in [-0.2, -0.15) is 4.98 Å². The molecule has 0 spiro atoms. The minimum absolute atomic E-state index is 0.146. The fraction of sp³-hybridized carbons (Fsp3) is 0.471. The number of hydrogen-bond donors (Lipinski definition) is 0. The Balaban J connectivity index is 1.83. The van der Waals surface area contributed by atoms with Crippen molar-refractivity contribution in [3.05, 3.63) is 41.8 Å². The Morgan fingerprint density at radius 3 is 2.83 bits per heavy atom. The van der Waals surface area contributed by atoms with Crippen molar-refractivity contribution in [2.24, 2.45) is 0 Å². The Hall–Kier alpha value is -2.57. The second-order valence-corrected chi connectivity index (χ2v) is 6.23. The van der Waals surface area contributed by atoms with Crippen LogP contribution in [0.3, 0.4) is 0 Å². The average molecular weight is 328 g/mol. The number of carbonyl (C=O) groups is 2. The molecule has 1 saturated heterocycles. The molecule has 2 aromatic heterocycles. The van der Waals surface area contributed by atoms with E-state index in [1.807, 2.05) is 13.8 Å². The minimum Gasteiger partial charge on any atom is -0.337 e. The van der Waals surface area contributed by atoms with Gasteiger partial charge in [0.15, 0.2) is 5.82 Å². The highest BCUT2D eigenvalue weighted by Gasteiger charge is 2.35. The number of rotatable bonds is 4. The summed E-state index contributed by atoms with van der Waals surface area (Å²) in [5.74, 6) is 0.0650. The van der Waals surface area contributed by atoms with E-state index in [1.165, 1.54) is 6.20 Å². The van der Waals surface area contributed by atoms with E-state index >= 15 is 0 Å². The van der Waals surface area contributed by atoms with Gasteiger partial charge in [0.2, 0.25) is 5.89 Å². The van der Waals surface area contributed by atoms with Crippen molar-refractivity contribution >= 4 is 11.7 Å². The van der Waals surface area contributed by atoms with Crippen LogP contribution in [0.2, 0.25) is 0 Å². The van der Waals surface area contributed by atoms with Crippen molar-refractivity contribution in [3.8, 4) is 0 Å². The number of Topliss-reactive ketones (excluding diaryl/α,β-unsaturated/α-hetero) is 1. The summed E-state index contributed by atoms with van der Waals surface area (Å²) in [6.07, 6.45) is 5.49. The van der Waals surface area contributed by atoms with Gasteiger partial charge in [-0.3, -0.25) is 14.6 Å². The van der Waals surface area contributed by atoms with E-state index in [4.69, 9.17) is 4.52 Å². The lowest BCUT2D eigenvalue weighted by atomic mass is 10.0. The highest BCUT2D eigenvalue weighted by atomic mass is 16.5. The van der Waals surface area contributed by atoms with E-state index in [9.17, 15) is 9.59 Å². The van der Waals surface area contributed by atoms with Gasteiger partial charge in [-0.05, 0) is 31.4 Å². The Labute approximate surface area is 140 Å². The molecule has 0 radical (unpaired) electrons. The number of aromatic nitrogens is 3. The summed E-state index contributed by atoms with van der Waals surface area (Å²) >= 11 is 0. The van der Waals surface area contributed by atoms with Gasteiger partial charge in [0.1, 0.15) is 6.04 Å². The molecule has 0 saturated carbocycles. The number of likely N-dealkylation sites (tertiary alicyclic amines) is 1. The summed E-state index contributed by atoms with van der Waals surface area (Å²) in [4.78, 5) is 35.0. The van der Waals surface area contributed by atoms with Crippen LogP contribution in [0, 0.1) is 0 Å². The molecule has 3 heterocycles. The number of ketones is 1. The standard InChI is InChI=1S/C17H20N4O3/c1-11(2)15-19-16(24-20-15)13-7-3-4-9-21(13)17(23)14(22)12-6-5-8-18-10-12/h5-6,8,10-11,13H,3-4,7,9H2,1-2H3/t13-/m0/s1. The lowest BCUT2D eigenvalue weighted by molar-refractivity contribution is -0.130. The maximum atomic E-state index is 12.7. The molecule has 1 aliphatic rings. The largest absolute Gasteiger partial charge is 0.337 e. The van der Waals surface area contributed by atoms with E-state index in [0.717, 1.165) is 12.8 Å². The molecule has 0 aromatic carbocycles. The second kappa shape index (κ2) is 6.90. The van der Waals surface area contributed by atoms with Crippen LogP contribution < -0.4 is 0 Å². The fourth-order valence-corrected chi connectivity index (χ4v) is 2.80. The van der Waals surface area contributed by atoms with Crippen LogP contribution in [0.25, 0.3) is 0 Å². The number of nitrogens with zero attached hydrogens (tertiary/aromatic N) is 4. The van der Waals surface area contributed by atoms with E-state index in [-0.39, 0.29) is 12.0 Å². The maximum absolute atomic E-state index is 12.7. The van der Waals surface area contributed by atoms with Gasteiger partial charge in [-0.1, -0.05) is 19.0 Å². The molecule has 24 heavy (non-hydrogen) atoms. The summed E-state index contributed by atoms with van der Waals surface area (Å²) in [6, 6.07) is 2.89. The van der Waals surface area contributed by atoms with Gasteiger partial charge >= 0.3 is 0 Å². The summed E-state index contributed by atoms with van der Waals surface area (Å²) in [6.45, 7) is 4.46. The molecule has 0 N–H and O–H groups in total. The smallest absolute Gasteiger partial charge is 0.295 e. The predicted molar refractivity (Wildman–Crippen MR) is 85.3 cm³/mol. The first-order valence-electron chi connectivity index (χ1n) is 8.16. The third-order valence-electron chi connectivity index (χ3n) is 4.14. The molecule has 0 unspecified atom stereocenters. The molecule has 7 nitrogen and oxygen atoms in total. The molecule has 1 aliphatic heterocycles. The van der Waals surface area contributed by atoms with Crippen LogP contribution in [0.15, 0.2) is 29.0 Å². The molecule has 1 fully saturated rings. The van der Waals surface area contributed by atoms with E-state index in [0.29, 0.717) is 30.2 Å². The minimum atomic E-state index is -0.557. The molecule has 7 heteroatoms. The number of amides is 1. The van der Waals surface area contributed by atoms with Crippen molar-refractivity contribution in [1.29, 1.82) is 0 Å². The summed E-state index contributed by atoms with van der Waals surface area (Å²) in [5.41, 5.74) is 0.292. The Kier molecular flexibility index (Phi) is 4.69. The fourth-order valence-electron chi connectivity index (χ4n) is 2.80.